The highest BCUT2D eigenvalue weighted by Gasteiger charge is 2.36. The smallest absolute Gasteiger partial charge is 0.289 e. The van der Waals surface area contributed by atoms with Crippen LogP contribution in [0, 0.1) is 5.82 Å². The lowest BCUT2D eigenvalue weighted by Crippen LogP contribution is -2.16. The number of rotatable bonds is 4. The van der Waals surface area contributed by atoms with Gasteiger partial charge in [0.1, 0.15) is 5.82 Å². The summed E-state index contributed by atoms with van der Waals surface area (Å²) < 4.78 is 118. The van der Waals surface area contributed by atoms with E-state index in [1.807, 2.05) is 5.10 Å². The number of alkyl halides is 6. The normalized spacial score (nSPS) is 12.7. The summed E-state index contributed by atoms with van der Waals surface area (Å²) in [7, 11) is -4.85. The Morgan fingerprint density at radius 3 is 2.16 bits per heavy atom. The lowest BCUT2D eigenvalue weighted by Gasteiger charge is -2.14. The van der Waals surface area contributed by atoms with Gasteiger partial charge in [0.05, 0.1) is 21.7 Å². The van der Waals surface area contributed by atoms with Crippen molar-refractivity contribution < 1.29 is 39.2 Å². The van der Waals surface area contributed by atoms with Crippen LogP contribution in [0.5, 0.6) is 0 Å². The van der Waals surface area contributed by atoms with Gasteiger partial charge in [-0.3, -0.25) is 9.71 Å². The van der Waals surface area contributed by atoms with Gasteiger partial charge in [-0.25, -0.2) is 22.7 Å². The first-order chi connectivity index (χ1) is 14.2. The molecular formula is C16H9F7N4O3S. The predicted molar refractivity (Wildman–Crippen MR) is 91.9 cm³/mol. The molecule has 1 heterocycles. The molecule has 0 aliphatic carbocycles. The zero-order chi connectivity index (χ0) is 23.2. The molecule has 0 spiro atoms. The Kier molecular flexibility index (Phi) is 5.33. The molecule has 0 saturated carbocycles. The quantitative estimate of drug-likeness (QED) is 0.505. The molecule has 0 fully saturated rings. The molecule has 0 aliphatic rings. The maximum Gasteiger partial charge on any atom is 0.419 e. The molecule has 1 aromatic heterocycles. The fraction of sp³-hybridized carbons (Fsp3) is 0.125. The molecule has 3 N–H and O–H groups in total. The first kappa shape index (κ1) is 22.3. The number of hydrogen-bond acceptors (Lipinski definition) is 4. The van der Waals surface area contributed by atoms with Crippen LogP contribution < -0.4 is 10.4 Å². The second kappa shape index (κ2) is 7.40. The maximum atomic E-state index is 13.4. The molecule has 0 amide bonds. The number of hydrogen-bond donors (Lipinski definition) is 3. The van der Waals surface area contributed by atoms with E-state index in [-0.39, 0.29) is 23.5 Å². The van der Waals surface area contributed by atoms with E-state index in [1.165, 1.54) is 0 Å². The molecule has 15 heteroatoms. The van der Waals surface area contributed by atoms with Crippen molar-refractivity contribution in [3.8, 4) is 11.4 Å². The summed E-state index contributed by atoms with van der Waals surface area (Å²) in [6.45, 7) is 0. The number of aromatic amines is 2. The first-order valence-electron chi connectivity index (χ1n) is 7.94. The van der Waals surface area contributed by atoms with Gasteiger partial charge in [0.25, 0.3) is 10.0 Å². The van der Waals surface area contributed by atoms with Crippen LogP contribution >= 0.6 is 0 Å². The lowest BCUT2D eigenvalue weighted by atomic mass is 10.1. The zero-order valence-electron chi connectivity index (χ0n) is 14.7. The SMILES string of the molecule is O=c1[nH]nc(-c2cc(NS(=O)(=O)c3ccc(F)c(C(F)(F)F)c3)cc(C(F)(F)F)c2)[nH]1. The summed E-state index contributed by atoms with van der Waals surface area (Å²) in [5.74, 6) is -2.08. The molecule has 0 radical (unpaired) electrons. The third-order valence-electron chi connectivity index (χ3n) is 3.84. The van der Waals surface area contributed by atoms with Gasteiger partial charge in [0, 0.05) is 5.56 Å². The monoisotopic (exact) mass is 470 g/mol. The van der Waals surface area contributed by atoms with Gasteiger partial charge in [0.2, 0.25) is 0 Å². The van der Waals surface area contributed by atoms with Crippen molar-refractivity contribution in [3.63, 3.8) is 0 Å². The van der Waals surface area contributed by atoms with Gasteiger partial charge < -0.3 is 0 Å². The average molecular weight is 470 g/mol. The molecule has 0 saturated heterocycles. The topological polar surface area (TPSA) is 108 Å². The van der Waals surface area contributed by atoms with Crippen LogP contribution in [0.1, 0.15) is 11.1 Å². The van der Waals surface area contributed by atoms with Crippen LogP contribution in [-0.4, -0.2) is 23.6 Å². The number of anilines is 1. The minimum atomic E-state index is -5.20. The number of aromatic nitrogens is 3. The van der Waals surface area contributed by atoms with Gasteiger partial charge in [0.15, 0.2) is 5.82 Å². The lowest BCUT2D eigenvalue weighted by molar-refractivity contribution is -0.140. The summed E-state index contributed by atoms with van der Waals surface area (Å²) in [6, 6.07) is 2.63. The van der Waals surface area contributed by atoms with Crippen LogP contribution in [0.25, 0.3) is 11.4 Å². The molecule has 0 unspecified atom stereocenters. The van der Waals surface area contributed by atoms with Crippen molar-refractivity contribution in [2.45, 2.75) is 17.2 Å². The van der Waals surface area contributed by atoms with Crippen LogP contribution in [-0.2, 0) is 22.4 Å². The third kappa shape index (κ3) is 4.87. The Hall–Kier alpha value is -3.36. The second-order valence-electron chi connectivity index (χ2n) is 6.07. The Morgan fingerprint density at radius 2 is 1.61 bits per heavy atom. The van der Waals surface area contributed by atoms with E-state index in [0.717, 1.165) is 6.07 Å². The highest BCUT2D eigenvalue weighted by molar-refractivity contribution is 7.92. The van der Waals surface area contributed by atoms with Crippen molar-refractivity contribution >= 4 is 15.7 Å². The zero-order valence-corrected chi connectivity index (χ0v) is 15.5. The minimum Gasteiger partial charge on any atom is -0.289 e. The maximum absolute atomic E-state index is 13.4. The van der Waals surface area contributed by atoms with Gasteiger partial charge in [-0.15, -0.1) is 0 Å². The van der Waals surface area contributed by atoms with E-state index < -0.39 is 55.6 Å². The Balaban J connectivity index is 2.08. The van der Waals surface area contributed by atoms with E-state index in [1.54, 1.807) is 4.72 Å². The number of nitrogens with zero attached hydrogens (tertiary/aromatic N) is 1. The largest absolute Gasteiger partial charge is 0.419 e. The van der Waals surface area contributed by atoms with Gasteiger partial charge in [-0.1, -0.05) is 0 Å². The molecular weight excluding hydrogens is 461 g/mol. The third-order valence-corrected chi connectivity index (χ3v) is 5.22. The standard InChI is InChI=1S/C16H9F7N4O3S/c17-12-2-1-10(6-11(12)16(21,22)23)31(29,30)27-9-4-7(13-24-14(28)26-25-13)3-8(5-9)15(18,19)20/h1-6,27H,(H2,24,25,26,28). The van der Waals surface area contributed by atoms with E-state index >= 15 is 0 Å². The second-order valence-corrected chi connectivity index (χ2v) is 7.75. The van der Waals surface area contributed by atoms with E-state index in [4.69, 9.17) is 0 Å². The summed E-state index contributed by atoms with van der Waals surface area (Å²) >= 11 is 0. The van der Waals surface area contributed by atoms with Gasteiger partial charge in [-0.05, 0) is 36.4 Å². The highest BCUT2D eigenvalue weighted by Crippen LogP contribution is 2.36. The summed E-state index contributed by atoms with van der Waals surface area (Å²) in [5, 5.41) is 5.37. The van der Waals surface area contributed by atoms with Crippen molar-refractivity contribution in [2.75, 3.05) is 4.72 Å². The van der Waals surface area contributed by atoms with E-state index in [2.05, 4.69) is 10.1 Å². The Morgan fingerprint density at radius 1 is 0.935 bits per heavy atom. The molecule has 166 valence electrons. The minimum absolute atomic E-state index is 0.0113. The van der Waals surface area contributed by atoms with Gasteiger partial charge >= 0.3 is 18.0 Å². The van der Waals surface area contributed by atoms with Crippen LogP contribution in [0.4, 0.5) is 36.4 Å². The number of halogens is 7. The number of sulfonamides is 1. The predicted octanol–water partition coefficient (Wildman–Crippen LogP) is 3.74. The van der Waals surface area contributed by atoms with Crippen molar-refractivity contribution in [2.24, 2.45) is 0 Å². The van der Waals surface area contributed by atoms with Crippen LogP contribution in [0.2, 0.25) is 0 Å². The fourth-order valence-electron chi connectivity index (χ4n) is 2.50. The van der Waals surface area contributed by atoms with Crippen molar-refractivity contribution in [1.29, 1.82) is 0 Å². The summed E-state index contributed by atoms with van der Waals surface area (Å²) in [5.41, 5.74) is -5.08. The molecule has 0 bridgehead atoms. The van der Waals surface area contributed by atoms with Gasteiger partial charge in [-0.2, -0.15) is 31.4 Å². The Labute approximate surface area is 168 Å². The summed E-state index contributed by atoms with van der Waals surface area (Å²) in [4.78, 5) is 12.2. The van der Waals surface area contributed by atoms with E-state index in [0.29, 0.717) is 18.2 Å². The molecule has 3 aromatic rings. The molecule has 0 aliphatic heterocycles. The number of benzene rings is 2. The average Bonchev–Trinajstić information content (AvgIpc) is 3.06. The molecule has 3 rings (SSSR count). The molecule has 7 nitrogen and oxygen atoms in total. The van der Waals surface area contributed by atoms with Crippen LogP contribution in [0.3, 0.4) is 0 Å². The van der Waals surface area contributed by atoms with Crippen LogP contribution in [0.15, 0.2) is 46.1 Å². The number of nitrogens with one attached hydrogen (secondary N) is 3. The first-order valence-corrected chi connectivity index (χ1v) is 9.42. The fourth-order valence-corrected chi connectivity index (χ4v) is 3.56. The molecule has 31 heavy (non-hydrogen) atoms. The molecule has 0 atom stereocenters. The highest BCUT2D eigenvalue weighted by atomic mass is 32.2. The summed E-state index contributed by atoms with van der Waals surface area (Å²) in [6.07, 6.45) is -10.1. The Bertz CT molecular complexity index is 1290. The number of H-pyrrole nitrogens is 2. The molecule has 2 aromatic carbocycles. The van der Waals surface area contributed by atoms with Crippen molar-refractivity contribution in [3.05, 3.63) is 63.8 Å². The van der Waals surface area contributed by atoms with Crippen molar-refractivity contribution in [1.82, 2.24) is 15.2 Å². The van der Waals surface area contributed by atoms with E-state index in [9.17, 15) is 43.9 Å².